The number of hydrogen-bond donors (Lipinski definition) is 2. The molecule has 0 aromatic carbocycles. The van der Waals surface area contributed by atoms with Crippen molar-refractivity contribution >= 4 is 11.9 Å². The summed E-state index contributed by atoms with van der Waals surface area (Å²) in [4.78, 5) is 22.7. The van der Waals surface area contributed by atoms with Crippen LogP contribution < -0.4 is 0 Å². The number of unbranched alkanes of at least 4 members (excludes halogenated alkanes) is 5. The third-order valence-electron chi connectivity index (χ3n) is 4.20. The molecule has 0 aliphatic carbocycles. The molecule has 1 atom stereocenters. The zero-order valence-electron chi connectivity index (χ0n) is 15.6. The van der Waals surface area contributed by atoms with Gasteiger partial charge in [0.15, 0.2) is 0 Å². The largest absolute Gasteiger partial charge is 0.481 e. The second kappa shape index (κ2) is 13.8. The van der Waals surface area contributed by atoms with E-state index in [9.17, 15) is 27.9 Å². The summed E-state index contributed by atoms with van der Waals surface area (Å²) in [5, 5.41) is 18.4. The van der Waals surface area contributed by atoms with Crippen LogP contribution in [0.4, 0.5) is 13.2 Å². The molecule has 0 fully saturated rings. The zero-order valence-corrected chi connectivity index (χ0v) is 15.6. The fourth-order valence-electron chi connectivity index (χ4n) is 2.72. The number of hydrogen-bond acceptors (Lipinski definition) is 3. The van der Waals surface area contributed by atoms with Crippen molar-refractivity contribution in [3.05, 3.63) is 0 Å². The maximum Gasteiger partial charge on any atom is 0.471 e. The van der Waals surface area contributed by atoms with Crippen LogP contribution in [0.5, 0.6) is 0 Å². The molecule has 5 nitrogen and oxygen atoms in total. The van der Waals surface area contributed by atoms with Gasteiger partial charge in [-0.2, -0.15) is 13.2 Å². The second-order valence-electron chi connectivity index (χ2n) is 6.64. The number of carbonyl (C=O) groups excluding carboxylic acids is 1. The molecule has 0 radical (unpaired) electrons. The Hall–Kier alpha value is -1.31. The van der Waals surface area contributed by atoms with E-state index < -0.39 is 24.2 Å². The predicted octanol–water partition coefficient (Wildman–Crippen LogP) is 4.13. The van der Waals surface area contributed by atoms with E-state index in [0.717, 1.165) is 24.2 Å². The number of amides is 1. The molecule has 26 heavy (non-hydrogen) atoms. The van der Waals surface area contributed by atoms with E-state index in [-0.39, 0.29) is 19.5 Å². The van der Waals surface area contributed by atoms with E-state index >= 15 is 0 Å². The zero-order chi connectivity index (χ0) is 20.0. The molecule has 1 unspecified atom stereocenters. The Morgan fingerprint density at radius 3 is 2.08 bits per heavy atom. The highest BCUT2D eigenvalue weighted by molar-refractivity contribution is 5.81. The van der Waals surface area contributed by atoms with Gasteiger partial charge < -0.3 is 15.1 Å². The van der Waals surface area contributed by atoms with Gasteiger partial charge >= 0.3 is 18.1 Å². The molecule has 154 valence electrons. The van der Waals surface area contributed by atoms with Gasteiger partial charge in [0.1, 0.15) is 0 Å². The topological polar surface area (TPSA) is 77.8 Å². The van der Waals surface area contributed by atoms with Crippen molar-refractivity contribution < 1.29 is 33.0 Å². The van der Waals surface area contributed by atoms with Crippen molar-refractivity contribution in [3.63, 3.8) is 0 Å². The Labute approximate surface area is 153 Å². The number of aliphatic hydroxyl groups excluding tert-OH is 1. The van der Waals surface area contributed by atoms with Crippen molar-refractivity contribution in [1.29, 1.82) is 0 Å². The molecule has 2 N–H and O–H groups in total. The van der Waals surface area contributed by atoms with Crippen LogP contribution in [0.25, 0.3) is 0 Å². The third kappa shape index (κ3) is 13.0. The van der Waals surface area contributed by atoms with Crippen molar-refractivity contribution in [2.45, 2.75) is 89.8 Å². The minimum Gasteiger partial charge on any atom is -0.481 e. The number of carboxylic acids is 1. The lowest BCUT2D eigenvalue weighted by Gasteiger charge is -2.24. The van der Waals surface area contributed by atoms with Gasteiger partial charge in [0.25, 0.3) is 0 Å². The van der Waals surface area contributed by atoms with Gasteiger partial charge in [0.05, 0.1) is 6.10 Å². The van der Waals surface area contributed by atoms with Gasteiger partial charge in [0.2, 0.25) is 0 Å². The quantitative estimate of drug-likeness (QED) is 0.417. The van der Waals surface area contributed by atoms with Gasteiger partial charge in [-0.25, -0.2) is 0 Å². The molecule has 0 aliphatic rings. The minimum absolute atomic E-state index is 0.00263. The molecule has 0 rings (SSSR count). The van der Waals surface area contributed by atoms with Crippen LogP contribution in [-0.4, -0.2) is 52.4 Å². The molecular formula is C18H32F3NO4. The van der Waals surface area contributed by atoms with E-state index in [1.165, 1.54) is 0 Å². The number of carboxylic acid groups (broad SMARTS) is 1. The van der Waals surface area contributed by atoms with Gasteiger partial charge in [0, 0.05) is 19.5 Å². The molecule has 0 aromatic heterocycles. The summed E-state index contributed by atoms with van der Waals surface area (Å²) in [5.74, 6) is -2.74. The Bertz CT molecular complexity index is 402. The number of carbonyl (C=O) groups is 2. The number of alkyl halides is 3. The first-order chi connectivity index (χ1) is 12.2. The lowest BCUT2D eigenvalue weighted by Crippen LogP contribution is -2.42. The van der Waals surface area contributed by atoms with Crippen LogP contribution in [-0.2, 0) is 9.59 Å². The molecule has 1 amide bonds. The van der Waals surface area contributed by atoms with Crippen LogP contribution in [0.1, 0.15) is 77.6 Å². The molecule has 0 bridgehead atoms. The number of halogens is 3. The summed E-state index contributed by atoms with van der Waals surface area (Å²) < 4.78 is 38.1. The average Bonchev–Trinajstić information content (AvgIpc) is 2.54. The van der Waals surface area contributed by atoms with Crippen molar-refractivity contribution in [3.8, 4) is 0 Å². The van der Waals surface area contributed by atoms with E-state index in [1.807, 2.05) is 0 Å². The normalized spacial score (nSPS) is 12.8. The molecule has 0 aromatic rings. The smallest absolute Gasteiger partial charge is 0.471 e. The molecule has 0 aliphatic heterocycles. The summed E-state index contributed by atoms with van der Waals surface area (Å²) in [6.45, 7) is 2.02. The van der Waals surface area contributed by atoms with E-state index in [2.05, 4.69) is 6.92 Å². The molecular weight excluding hydrogens is 351 g/mol. The average molecular weight is 383 g/mol. The van der Waals surface area contributed by atoms with Crippen LogP contribution in [0.2, 0.25) is 0 Å². The van der Waals surface area contributed by atoms with Crippen molar-refractivity contribution in [2.75, 3.05) is 13.1 Å². The molecule has 0 saturated carbocycles. The number of nitrogens with zero attached hydrogens (tertiary/aromatic N) is 1. The number of rotatable bonds is 15. The highest BCUT2D eigenvalue weighted by atomic mass is 19.4. The first-order valence-corrected chi connectivity index (χ1v) is 9.44. The van der Waals surface area contributed by atoms with E-state index in [1.54, 1.807) is 0 Å². The maximum absolute atomic E-state index is 12.7. The summed E-state index contributed by atoms with van der Waals surface area (Å²) in [7, 11) is 0. The summed E-state index contributed by atoms with van der Waals surface area (Å²) >= 11 is 0. The van der Waals surface area contributed by atoms with Crippen LogP contribution in [0.15, 0.2) is 0 Å². The Morgan fingerprint density at radius 2 is 1.50 bits per heavy atom. The van der Waals surface area contributed by atoms with Crippen LogP contribution in [0, 0.1) is 0 Å². The summed E-state index contributed by atoms with van der Waals surface area (Å²) in [6.07, 6.45) is 0.940. The predicted molar refractivity (Wildman–Crippen MR) is 92.7 cm³/mol. The lowest BCUT2D eigenvalue weighted by molar-refractivity contribution is -0.185. The second-order valence-corrected chi connectivity index (χ2v) is 6.64. The fourth-order valence-corrected chi connectivity index (χ4v) is 2.72. The van der Waals surface area contributed by atoms with Gasteiger partial charge in [-0.15, -0.1) is 0 Å². The summed E-state index contributed by atoms with van der Waals surface area (Å²) in [6, 6.07) is 0. The van der Waals surface area contributed by atoms with Crippen molar-refractivity contribution in [2.24, 2.45) is 0 Å². The highest BCUT2D eigenvalue weighted by Gasteiger charge is 2.42. The SMILES string of the molecule is CCCCCC(O)CCCN(CCCCCCC(=O)O)C(=O)C(F)(F)F. The molecule has 0 saturated heterocycles. The summed E-state index contributed by atoms with van der Waals surface area (Å²) in [5.41, 5.74) is 0. The molecule has 0 spiro atoms. The van der Waals surface area contributed by atoms with Gasteiger partial charge in [-0.05, 0) is 32.1 Å². The first kappa shape index (κ1) is 24.7. The fraction of sp³-hybridized carbons (Fsp3) is 0.889. The highest BCUT2D eigenvalue weighted by Crippen LogP contribution is 2.20. The van der Waals surface area contributed by atoms with E-state index in [0.29, 0.717) is 44.9 Å². The Kier molecular flexibility index (Phi) is 13.1. The Balaban J connectivity index is 4.23. The van der Waals surface area contributed by atoms with Crippen LogP contribution in [0.3, 0.4) is 0 Å². The van der Waals surface area contributed by atoms with Crippen molar-refractivity contribution in [1.82, 2.24) is 4.90 Å². The van der Waals surface area contributed by atoms with Gasteiger partial charge in [-0.1, -0.05) is 39.0 Å². The van der Waals surface area contributed by atoms with Crippen LogP contribution >= 0.6 is 0 Å². The lowest BCUT2D eigenvalue weighted by atomic mass is 10.1. The van der Waals surface area contributed by atoms with Gasteiger partial charge in [-0.3, -0.25) is 9.59 Å². The first-order valence-electron chi connectivity index (χ1n) is 9.44. The maximum atomic E-state index is 12.7. The monoisotopic (exact) mass is 383 g/mol. The minimum atomic E-state index is -4.90. The standard InChI is InChI=1S/C18H32F3NO4/c1-2-3-6-10-15(23)11-9-14-22(17(26)18(19,20)21)13-8-5-4-7-12-16(24)25/h15,23H,2-14H2,1H3,(H,24,25). The third-order valence-corrected chi connectivity index (χ3v) is 4.20. The van der Waals surface area contributed by atoms with E-state index in [4.69, 9.17) is 5.11 Å². The Morgan fingerprint density at radius 1 is 0.923 bits per heavy atom. The number of aliphatic carboxylic acids is 1. The molecule has 0 heterocycles. The number of aliphatic hydroxyl groups is 1. The molecule has 8 heteroatoms.